The minimum Gasteiger partial charge on any atom is -0.488 e. The lowest BCUT2D eigenvalue weighted by molar-refractivity contribution is -0.113. The zero-order valence-corrected chi connectivity index (χ0v) is 17.6. The molecule has 0 spiro atoms. The highest BCUT2D eigenvalue weighted by Crippen LogP contribution is 2.37. The third-order valence-corrected chi connectivity index (χ3v) is 5.64. The van der Waals surface area contributed by atoms with E-state index in [0.717, 1.165) is 28.5 Å². The van der Waals surface area contributed by atoms with Gasteiger partial charge in [0.15, 0.2) is 0 Å². The number of ether oxygens (including phenoxy) is 1. The first kappa shape index (κ1) is 20.0. The van der Waals surface area contributed by atoms with Crippen LogP contribution in [0.2, 0.25) is 0 Å². The predicted molar refractivity (Wildman–Crippen MR) is 122 cm³/mol. The Kier molecular flexibility index (Phi) is 5.72. The first-order chi connectivity index (χ1) is 14.5. The van der Waals surface area contributed by atoms with Crippen molar-refractivity contribution in [3.05, 3.63) is 100.0 Å². The van der Waals surface area contributed by atoms with Gasteiger partial charge in [-0.25, -0.2) is 4.90 Å². The van der Waals surface area contributed by atoms with Crippen molar-refractivity contribution >= 4 is 34.7 Å². The van der Waals surface area contributed by atoms with E-state index in [2.05, 4.69) is 0 Å². The molecule has 150 valence electrons. The van der Waals surface area contributed by atoms with Gasteiger partial charge in [-0.2, -0.15) is 0 Å². The summed E-state index contributed by atoms with van der Waals surface area (Å²) in [6.45, 7) is 4.40. The summed E-state index contributed by atoms with van der Waals surface area (Å²) in [6.07, 6.45) is 1.73. The molecule has 0 radical (unpaired) electrons. The van der Waals surface area contributed by atoms with Gasteiger partial charge in [0, 0.05) is 5.56 Å². The maximum Gasteiger partial charge on any atom is 0.298 e. The average Bonchev–Trinajstić information content (AvgIpc) is 3.01. The molecule has 0 aromatic heterocycles. The highest BCUT2D eigenvalue weighted by atomic mass is 32.2. The Hall–Kier alpha value is -3.31. The van der Waals surface area contributed by atoms with Crippen LogP contribution in [0.4, 0.5) is 10.5 Å². The molecular weight excluding hydrogens is 394 g/mol. The first-order valence-electron chi connectivity index (χ1n) is 9.63. The van der Waals surface area contributed by atoms with Gasteiger partial charge in [-0.15, -0.1) is 0 Å². The third-order valence-electron chi connectivity index (χ3n) is 4.77. The summed E-state index contributed by atoms with van der Waals surface area (Å²) in [4.78, 5) is 27.0. The number of rotatable bonds is 5. The number of carbonyl (C=O) groups is 2. The number of hydrogen-bond acceptors (Lipinski definition) is 4. The van der Waals surface area contributed by atoms with Gasteiger partial charge in [0.2, 0.25) is 0 Å². The van der Waals surface area contributed by atoms with Crippen LogP contribution in [-0.2, 0) is 11.4 Å². The van der Waals surface area contributed by atoms with E-state index in [4.69, 9.17) is 4.74 Å². The van der Waals surface area contributed by atoms with Crippen LogP contribution in [0.3, 0.4) is 0 Å². The molecule has 4 nitrogen and oxygen atoms in total. The predicted octanol–water partition coefficient (Wildman–Crippen LogP) is 6.12. The standard InChI is InChI=1S/C25H21NO3S/c1-17-10-12-19(13-11-17)16-29-22-9-4-3-7-20(22)15-23-24(27)26(25(28)30-23)21-8-5-6-18(2)14-21/h3-15H,16H2,1-2H3/b23-15-. The molecule has 2 amide bonds. The van der Waals surface area contributed by atoms with Gasteiger partial charge in [-0.05, 0) is 61.0 Å². The summed E-state index contributed by atoms with van der Waals surface area (Å²) in [5, 5.41) is -0.296. The van der Waals surface area contributed by atoms with E-state index in [1.54, 1.807) is 12.1 Å². The average molecular weight is 416 g/mol. The van der Waals surface area contributed by atoms with Crippen LogP contribution in [0.15, 0.2) is 77.7 Å². The quantitative estimate of drug-likeness (QED) is 0.471. The van der Waals surface area contributed by atoms with E-state index in [-0.39, 0.29) is 11.1 Å². The number of thioether (sulfide) groups is 1. The molecule has 30 heavy (non-hydrogen) atoms. The highest BCUT2D eigenvalue weighted by molar-refractivity contribution is 8.19. The number of amides is 2. The van der Waals surface area contributed by atoms with Crippen LogP contribution in [0.25, 0.3) is 6.08 Å². The molecule has 0 N–H and O–H groups in total. The van der Waals surface area contributed by atoms with Gasteiger partial charge < -0.3 is 4.74 Å². The fraction of sp³-hybridized carbons (Fsp3) is 0.120. The van der Waals surface area contributed by atoms with Gasteiger partial charge in [0.25, 0.3) is 11.1 Å². The van der Waals surface area contributed by atoms with E-state index in [9.17, 15) is 9.59 Å². The summed E-state index contributed by atoms with van der Waals surface area (Å²) >= 11 is 0.945. The smallest absolute Gasteiger partial charge is 0.298 e. The van der Waals surface area contributed by atoms with Crippen LogP contribution in [0, 0.1) is 13.8 Å². The van der Waals surface area contributed by atoms with E-state index in [1.807, 2.05) is 80.6 Å². The van der Waals surface area contributed by atoms with Crippen molar-refractivity contribution in [2.75, 3.05) is 4.90 Å². The Morgan fingerprint density at radius 1 is 0.900 bits per heavy atom. The number of carbonyl (C=O) groups excluding carboxylic acids is 2. The molecular formula is C25H21NO3S. The summed E-state index contributed by atoms with van der Waals surface area (Å²) in [6, 6.07) is 23.1. The second-order valence-electron chi connectivity index (χ2n) is 7.17. The second kappa shape index (κ2) is 8.59. The van der Waals surface area contributed by atoms with E-state index < -0.39 is 0 Å². The topological polar surface area (TPSA) is 46.6 Å². The molecule has 3 aromatic rings. The number of hydrogen-bond donors (Lipinski definition) is 0. The number of imide groups is 1. The lowest BCUT2D eigenvalue weighted by Crippen LogP contribution is -2.27. The molecule has 1 aliphatic heterocycles. The molecule has 0 aliphatic carbocycles. The van der Waals surface area contributed by atoms with Crippen molar-refractivity contribution in [2.45, 2.75) is 20.5 Å². The van der Waals surface area contributed by atoms with Crippen LogP contribution >= 0.6 is 11.8 Å². The molecule has 1 aliphatic rings. The summed E-state index contributed by atoms with van der Waals surface area (Å²) < 4.78 is 6.00. The van der Waals surface area contributed by atoms with Crippen LogP contribution < -0.4 is 9.64 Å². The number of benzene rings is 3. The zero-order chi connectivity index (χ0) is 21.1. The summed E-state index contributed by atoms with van der Waals surface area (Å²) in [5.41, 5.74) is 4.60. The minimum absolute atomic E-state index is 0.296. The summed E-state index contributed by atoms with van der Waals surface area (Å²) in [5.74, 6) is 0.351. The number of anilines is 1. The molecule has 4 rings (SSSR count). The zero-order valence-electron chi connectivity index (χ0n) is 16.8. The Bertz CT molecular complexity index is 1140. The molecule has 5 heteroatoms. The molecule has 1 heterocycles. The largest absolute Gasteiger partial charge is 0.488 e. The molecule has 1 fully saturated rings. The van der Waals surface area contributed by atoms with E-state index in [1.165, 1.54) is 10.5 Å². The first-order valence-corrected chi connectivity index (χ1v) is 10.4. The molecule has 3 aromatic carbocycles. The summed E-state index contributed by atoms with van der Waals surface area (Å²) in [7, 11) is 0. The van der Waals surface area contributed by atoms with Crippen LogP contribution in [0.1, 0.15) is 22.3 Å². The second-order valence-corrected chi connectivity index (χ2v) is 8.16. The molecule has 1 saturated heterocycles. The van der Waals surface area contributed by atoms with Crippen molar-refractivity contribution in [1.29, 1.82) is 0 Å². The van der Waals surface area contributed by atoms with Crippen molar-refractivity contribution in [2.24, 2.45) is 0 Å². The van der Waals surface area contributed by atoms with Crippen molar-refractivity contribution in [1.82, 2.24) is 0 Å². The highest BCUT2D eigenvalue weighted by Gasteiger charge is 2.36. The maximum absolute atomic E-state index is 12.9. The SMILES string of the molecule is Cc1ccc(COc2ccccc2/C=C2\SC(=O)N(c3cccc(C)c3)C2=O)cc1. The normalized spacial score (nSPS) is 15.1. The Balaban J connectivity index is 1.57. The van der Waals surface area contributed by atoms with E-state index in [0.29, 0.717) is 22.9 Å². The van der Waals surface area contributed by atoms with Gasteiger partial charge in [-0.3, -0.25) is 9.59 Å². The number of para-hydroxylation sites is 1. The maximum atomic E-state index is 12.9. The van der Waals surface area contributed by atoms with Crippen molar-refractivity contribution in [3.8, 4) is 5.75 Å². The van der Waals surface area contributed by atoms with Gasteiger partial charge in [0.05, 0.1) is 10.6 Å². The lowest BCUT2D eigenvalue weighted by Gasteiger charge is -2.13. The third kappa shape index (κ3) is 4.31. The van der Waals surface area contributed by atoms with Crippen LogP contribution in [-0.4, -0.2) is 11.1 Å². The Labute approximate surface area is 180 Å². The van der Waals surface area contributed by atoms with Crippen molar-refractivity contribution in [3.63, 3.8) is 0 Å². The molecule has 0 saturated carbocycles. The van der Waals surface area contributed by atoms with Crippen LogP contribution in [0.5, 0.6) is 5.75 Å². The molecule has 0 bridgehead atoms. The van der Waals surface area contributed by atoms with Gasteiger partial charge in [0.1, 0.15) is 12.4 Å². The number of nitrogens with zero attached hydrogens (tertiary/aromatic N) is 1. The van der Waals surface area contributed by atoms with Crippen molar-refractivity contribution < 1.29 is 14.3 Å². The lowest BCUT2D eigenvalue weighted by atomic mass is 10.1. The number of aryl methyl sites for hydroxylation is 2. The van der Waals surface area contributed by atoms with Gasteiger partial charge in [-0.1, -0.05) is 60.2 Å². The molecule has 0 unspecified atom stereocenters. The minimum atomic E-state index is -0.316. The molecule has 0 atom stereocenters. The Morgan fingerprint density at radius 2 is 1.67 bits per heavy atom. The Morgan fingerprint density at radius 3 is 2.43 bits per heavy atom. The fourth-order valence-corrected chi connectivity index (χ4v) is 4.01. The van der Waals surface area contributed by atoms with Gasteiger partial charge >= 0.3 is 0 Å². The fourth-order valence-electron chi connectivity index (χ4n) is 3.18. The monoisotopic (exact) mass is 415 g/mol. The van der Waals surface area contributed by atoms with E-state index >= 15 is 0 Å².